The number of amides is 2. The van der Waals surface area contributed by atoms with Crippen molar-refractivity contribution in [2.45, 2.75) is 45.1 Å². The molecule has 2 atom stereocenters. The second kappa shape index (κ2) is 8.00. The maximum absolute atomic E-state index is 12.7. The van der Waals surface area contributed by atoms with E-state index in [0.717, 1.165) is 44.5 Å². The number of fused-ring (bicyclic) bond motifs is 1. The molecule has 2 N–H and O–H groups in total. The molecule has 0 unspecified atom stereocenters. The summed E-state index contributed by atoms with van der Waals surface area (Å²) in [4.78, 5) is 29.0. The second-order valence-electron chi connectivity index (χ2n) is 7.39. The summed E-state index contributed by atoms with van der Waals surface area (Å²) in [5.41, 5.74) is 7.88. The maximum atomic E-state index is 12.7. The van der Waals surface area contributed by atoms with E-state index in [-0.39, 0.29) is 17.9 Å². The molecule has 5 nitrogen and oxygen atoms in total. The first-order valence-corrected chi connectivity index (χ1v) is 9.41. The fourth-order valence-electron chi connectivity index (χ4n) is 4.24. The number of carbonyl (C=O) groups excluding carboxylic acids is 2. The molecule has 0 bridgehead atoms. The van der Waals surface area contributed by atoms with Crippen LogP contribution < -0.4 is 5.73 Å². The van der Waals surface area contributed by atoms with Gasteiger partial charge in [-0.2, -0.15) is 0 Å². The molecule has 2 amide bonds. The number of hydrogen-bond acceptors (Lipinski definition) is 3. The molecule has 2 fully saturated rings. The Morgan fingerprint density at radius 3 is 2.92 bits per heavy atom. The van der Waals surface area contributed by atoms with E-state index in [1.54, 1.807) is 0 Å². The minimum absolute atomic E-state index is 0.203. The Morgan fingerprint density at radius 1 is 1.32 bits per heavy atom. The smallest absolute Gasteiger partial charge is 0.227 e. The monoisotopic (exact) mass is 343 g/mol. The zero-order valence-corrected chi connectivity index (χ0v) is 15.1. The number of piperidine rings is 2. The van der Waals surface area contributed by atoms with Gasteiger partial charge in [0, 0.05) is 32.1 Å². The van der Waals surface area contributed by atoms with Crippen molar-refractivity contribution in [2.75, 3.05) is 26.2 Å². The molecule has 2 heterocycles. The van der Waals surface area contributed by atoms with Gasteiger partial charge in [0.25, 0.3) is 0 Å². The van der Waals surface area contributed by atoms with E-state index in [1.807, 2.05) is 21.9 Å². The van der Waals surface area contributed by atoms with Gasteiger partial charge >= 0.3 is 0 Å². The summed E-state index contributed by atoms with van der Waals surface area (Å²) in [5, 5.41) is 0. The van der Waals surface area contributed by atoms with Crippen LogP contribution in [0.15, 0.2) is 24.3 Å². The van der Waals surface area contributed by atoms with Gasteiger partial charge in [0.2, 0.25) is 11.8 Å². The SMILES string of the molecule is Cc1cccc(CC(=O)N2CC[C@@H]3[C@@H](CCC(=O)N3CCCN)C2)c1. The summed E-state index contributed by atoms with van der Waals surface area (Å²) in [5.74, 6) is 0.870. The molecule has 5 heteroatoms. The first-order chi connectivity index (χ1) is 12.1. The quantitative estimate of drug-likeness (QED) is 0.885. The summed E-state index contributed by atoms with van der Waals surface area (Å²) in [6.45, 7) is 4.95. The van der Waals surface area contributed by atoms with E-state index in [2.05, 4.69) is 19.1 Å². The molecule has 0 radical (unpaired) electrons. The largest absolute Gasteiger partial charge is 0.342 e. The zero-order chi connectivity index (χ0) is 17.8. The molecule has 1 aromatic carbocycles. The van der Waals surface area contributed by atoms with Crippen molar-refractivity contribution >= 4 is 11.8 Å². The molecule has 0 aromatic heterocycles. The Kier molecular flexibility index (Phi) is 5.74. The van der Waals surface area contributed by atoms with Crippen LogP contribution in [0.25, 0.3) is 0 Å². The Morgan fingerprint density at radius 2 is 2.16 bits per heavy atom. The van der Waals surface area contributed by atoms with Gasteiger partial charge in [0.1, 0.15) is 0 Å². The number of nitrogens with zero attached hydrogens (tertiary/aromatic N) is 2. The summed E-state index contributed by atoms with van der Waals surface area (Å²) in [6, 6.07) is 8.45. The number of aryl methyl sites for hydroxylation is 1. The van der Waals surface area contributed by atoms with Gasteiger partial charge in [-0.25, -0.2) is 0 Å². The Labute approximate surface area is 150 Å². The number of carbonyl (C=O) groups is 2. The highest BCUT2D eigenvalue weighted by molar-refractivity contribution is 5.80. The minimum atomic E-state index is 0.203. The maximum Gasteiger partial charge on any atom is 0.227 e. The fraction of sp³-hybridized carbons (Fsp3) is 0.600. The van der Waals surface area contributed by atoms with Gasteiger partial charge in [0.15, 0.2) is 0 Å². The first kappa shape index (κ1) is 17.9. The number of rotatable bonds is 5. The third kappa shape index (κ3) is 4.21. The van der Waals surface area contributed by atoms with E-state index in [4.69, 9.17) is 5.73 Å². The van der Waals surface area contributed by atoms with E-state index in [9.17, 15) is 9.59 Å². The van der Waals surface area contributed by atoms with Crippen LogP contribution >= 0.6 is 0 Å². The number of nitrogens with two attached hydrogens (primary N) is 1. The van der Waals surface area contributed by atoms with Crippen LogP contribution in [0.5, 0.6) is 0 Å². The van der Waals surface area contributed by atoms with Crippen molar-refractivity contribution in [3.63, 3.8) is 0 Å². The second-order valence-corrected chi connectivity index (χ2v) is 7.39. The van der Waals surface area contributed by atoms with E-state index in [0.29, 0.717) is 25.3 Å². The molecular formula is C20H29N3O2. The highest BCUT2D eigenvalue weighted by Crippen LogP contribution is 2.31. The first-order valence-electron chi connectivity index (χ1n) is 9.41. The van der Waals surface area contributed by atoms with Crippen LogP contribution in [0.2, 0.25) is 0 Å². The zero-order valence-electron chi connectivity index (χ0n) is 15.1. The molecule has 2 aliphatic rings. The molecule has 2 aliphatic heterocycles. The van der Waals surface area contributed by atoms with Gasteiger partial charge in [-0.15, -0.1) is 0 Å². The normalized spacial score (nSPS) is 23.5. The summed E-state index contributed by atoms with van der Waals surface area (Å²) in [7, 11) is 0. The lowest BCUT2D eigenvalue weighted by molar-refractivity contribution is -0.144. The molecule has 25 heavy (non-hydrogen) atoms. The Hall–Kier alpha value is -1.88. The average Bonchev–Trinajstić information content (AvgIpc) is 2.60. The van der Waals surface area contributed by atoms with Gasteiger partial charge in [-0.05, 0) is 44.2 Å². The van der Waals surface area contributed by atoms with Crippen LogP contribution in [-0.2, 0) is 16.0 Å². The van der Waals surface area contributed by atoms with E-state index in [1.165, 1.54) is 5.56 Å². The highest BCUT2D eigenvalue weighted by atomic mass is 16.2. The standard InChI is InChI=1S/C20H29N3O2/c1-15-4-2-5-16(12-15)13-20(25)22-11-8-18-17(14-22)6-7-19(24)23(18)10-3-9-21/h2,4-5,12,17-18H,3,6-11,13-14,21H2,1H3/t17-,18+/m0/s1. The van der Waals surface area contributed by atoms with Crippen molar-refractivity contribution in [3.8, 4) is 0 Å². The number of hydrogen-bond donors (Lipinski definition) is 1. The summed E-state index contributed by atoms with van der Waals surface area (Å²) in [6.07, 6.45) is 3.71. The van der Waals surface area contributed by atoms with Gasteiger partial charge in [0.05, 0.1) is 6.42 Å². The third-order valence-electron chi connectivity index (χ3n) is 5.54. The third-order valence-corrected chi connectivity index (χ3v) is 5.54. The van der Waals surface area contributed by atoms with Crippen molar-refractivity contribution in [1.82, 2.24) is 9.80 Å². The molecule has 136 valence electrons. The van der Waals surface area contributed by atoms with Gasteiger partial charge in [-0.3, -0.25) is 9.59 Å². The van der Waals surface area contributed by atoms with Crippen LogP contribution in [0.1, 0.15) is 36.8 Å². The fourth-order valence-corrected chi connectivity index (χ4v) is 4.24. The molecule has 3 rings (SSSR count). The summed E-state index contributed by atoms with van der Waals surface area (Å²) < 4.78 is 0. The van der Waals surface area contributed by atoms with Crippen molar-refractivity contribution in [2.24, 2.45) is 11.7 Å². The number of likely N-dealkylation sites (tertiary alicyclic amines) is 2. The minimum Gasteiger partial charge on any atom is -0.342 e. The van der Waals surface area contributed by atoms with Crippen LogP contribution in [0.4, 0.5) is 0 Å². The summed E-state index contributed by atoms with van der Waals surface area (Å²) >= 11 is 0. The lowest BCUT2D eigenvalue weighted by Gasteiger charge is -2.47. The molecule has 0 saturated carbocycles. The molecular weight excluding hydrogens is 314 g/mol. The molecule has 0 spiro atoms. The molecule has 2 saturated heterocycles. The van der Waals surface area contributed by atoms with Gasteiger partial charge in [-0.1, -0.05) is 29.8 Å². The van der Waals surface area contributed by atoms with Crippen molar-refractivity contribution in [1.29, 1.82) is 0 Å². The highest BCUT2D eigenvalue weighted by Gasteiger charge is 2.39. The van der Waals surface area contributed by atoms with Crippen LogP contribution in [0, 0.1) is 12.8 Å². The lowest BCUT2D eigenvalue weighted by Crippen LogP contribution is -2.57. The lowest BCUT2D eigenvalue weighted by atomic mass is 9.83. The van der Waals surface area contributed by atoms with Gasteiger partial charge < -0.3 is 15.5 Å². The predicted octanol–water partition coefficient (Wildman–Crippen LogP) is 1.73. The Balaban J connectivity index is 1.61. The van der Waals surface area contributed by atoms with Crippen LogP contribution in [0.3, 0.4) is 0 Å². The van der Waals surface area contributed by atoms with Crippen molar-refractivity contribution < 1.29 is 9.59 Å². The predicted molar refractivity (Wildman–Crippen MR) is 98.0 cm³/mol. The van der Waals surface area contributed by atoms with E-state index < -0.39 is 0 Å². The topological polar surface area (TPSA) is 66.6 Å². The number of benzene rings is 1. The Bertz CT molecular complexity index is 631. The van der Waals surface area contributed by atoms with Crippen LogP contribution in [-0.4, -0.2) is 53.8 Å². The van der Waals surface area contributed by atoms with Crippen molar-refractivity contribution in [3.05, 3.63) is 35.4 Å². The van der Waals surface area contributed by atoms with E-state index >= 15 is 0 Å². The average molecular weight is 343 g/mol. The molecule has 0 aliphatic carbocycles. The molecule has 1 aromatic rings.